The predicted octanol–water partition coefficient (Wildman–Crippen LogP) is 2.59. The van der Waals surface area contributed by atoms with Crippen molar-refractivity contribution in [3.05, 3.63) is 48.0 Å². The molecule has 0 amide bonds. The van der Waals surface area contributed by atoms with E-state index < -0.39 is 0 Å². The Kier molecular flexibility index (Phi) is 5.43. The Morgan fingerprint density at radius 3 is 2.81 bits per heavy atom. The van der Waals surface area contributed by atoms with Crippen LogP contribution in [-0.2, 0) is 16.1 Å². The molecule has 0 bridgehead atoms. The van der Waals surface area contributed by atoms with E-state index in [0.29, 0.717) is 19.4 Å². The molecule has 82 valence electrons. The first-order chi connectivity index (χ1) is 7.83. The molecule has 0 atom stereocenters. The second-order valence-corrected chi connectivity index (χ2v) is 3.22. The number of nitrogens with zero attached hydrogens (tertiary/aromatic N) is 1. The summed E-state index contributed by atoms with van der Waals surface area (Å²) in [7, 11) is 0. The topological polar surface area (TPSA) is 50.1 Å². The number of allylic oxidation sites excluding steroid dienone is 2. The molecule has 16 heavy (non-hydrogen) atoms. The number of rotatable bonds is 5. The lowest BCUT2D eigenvalue weighted by molar-refractivity contribution is -0.144. The summed E-state index contributed by atoms with van der Waals surface area (Å²) in [6.07, 6.45) is 3.88. The number of carbonyl (C=O) groups is 1. The van der Waals surface area contributed by atoms with Crippen molar-refractivity contribution in [1.82, 2.24) is 0 Å². The van der Waals surface area contributed by atoms with Crippen LogP contribution in [0.1, 0.15) is 18.4 Å². The monoisotopic (exact) mass is 215 g/mol. The fourth-order valence-corrected chi connectivity index (χ4v) is 1.15. The first kappa shape index (κ1) is 12.0. The lowest BCUT2D eigenvalue weighted by atomic mass is 10.2. The SMILES string of the molecule is N#C/C=C\CCC(=O)OCc1ccccc1. The highest BCUT2D eigenvalue weighted by atomic mass is 16.5. The molecule has 3 heteroatoms. The van der Waals surface area contributed by atoms with E-state index in [0.717, 1.165) is 5.56 Å². The van der Waals surface area contributed by atoms with Crippen LogP contribution in [0.4, 0.5) is 0 Å². The molecule has 0 radical (unpaired) electrons. The van der Waals surface area contributed by atoms with Crippen molar-refractivity contribution in [2.45, 2.75) is 19.4 Å². The zero-order valence-corrected chi connectivity index (χ0v) is 8.93. The smallest absolute Gasteiger partial charge is 0.306 e. The fraction of sp³-hybridized carbons (Fsp3) is 0.231. The van der Waals surface area contributed by atoms with Crippen LogP contribution in [0.25, 0.3) is 0 Å². The predicted molar refractivity (Wildman–Crippen MR) is 60.2 cm³/mol. The third-order valence-corrected chi connectivity index (χ3v) is 1.95. The summed E-state index contributed by atoms with van der Waals surface area (Å²) in [6.45, 7) is 0.307. The summed E-state index contributed by atoms with van der Waals surface area (Å²) in [5.74, 6) is -0.244. The second-order valence-electron chi connectivity index (χ2n) is 3.22. The summed E-state index contributed by atoms with van der Waals surface area (Å²) in [6, 6.07) is 11.4. The lowest BCUT2D eigenvalue weighted by Gasteiger charge is -2.03. The highest BCUT2D eigenvalue weighted by Gasteiger charge is 2.01. The molecule has 0 aromatic heterocycles. The van der Waals surface area contributed by atoms with Gasteiger partial charge in [-0.2, -0.15) is 5.26 Å². The third-order valence-electron chi connectivity index (χ3n) is 1.95. The van der Waals surface area contributed by atoms with Gasteiger partial charge in [0.1, 0.15) is 6.61 Å². The average molecular weight is 215 g/mol. The zero-order valence-electron chi connectivity index (χ0n) is 8.93. The van der Waals surface area contributed by atoms with E-state index in [-0.39, 0.29) is 5.97 Å². The van der Waals surface area contributed by atoms with Crippen LogP contribution in [-0.4, -0.2) is 5.97 Å². The van der Waals surface area contributed by atoms with E-state index in [1.54, 1.807) is 6.08 Å². The minimum absolute atomic E-state index is 0.244. The Morgan fingerprint density at radius 1 is 1.38 bits per heavy atom. The van der Waals surface area contributed by atoms with E-state index in [9.17, 15) is 4.79 Å². The molecule has 0 aliphatic carbocycles. The number of hydrogen-bond donors (Lipinski definition) is 0. The van der Waals surface area contributed by atoms with Gasteiger partial charge in [-0.3, -0.25) is 4.79 Å². The quantitative estimate of drug-likeness (QED) is 0.560. The van der Waals surface area contributed by atoms with Gasteiger partial charge < -0.3 is 4.74 Å². The summed E-state index contributed by atoms with van der Waals surface area (Å²) in [5, 5.41) is 8.23. The maximum Gasteiger partial charge on any atom is 0.306 e. The molecular weight excluding hydrogens is 202 g/mol. The summed E-state index contributed by atoms with van der Waals surface area (Å²) in [4.78, 5) is 11.2. The third kappa shape index (κ3) is 4.97. The minimum atomic E-state index is -0.244. The number of benzene rings is 1. The van der Waals surface area contributed by atoms with E-state index in [1.807, 2.05) is 36.4 Å². The first-order valence-corrected chi connectivity index (χ1v) is 5.07. The molecule has 0 unspecified atom stereocenters. The van der Waals surface area contributed by atoms with Crippen LogP contribution in [0.2, 0.25) is 0 Å². The molecule has 3 nitrogen and oxygen atoms in total. The van der Waals surface area contributed by atoms with E-state index in [1.165, 1.54) is 6.08 Å². The molecule has 0 saturated heterocycles. The first-order valence-electron chi connectivity index (χ1n) is 5.07. The van der Waals surface area contributed by atoms with Crippen LogP contribution in [0.3, 0.4) is 0 Å². The molecule has 0 N–H and O–H groups in total. The highest BCUT2D eigenvalue weighted by Crippen LogP contribution is 2.02. The molecule has 1 rings (SSSR count). The van der Waals surface area contributed by atoms with Crippen molar-refractivity contribution in [3.8, 4) is 6.07 Å². The van der Waals surface area contributed by atoms with Gasteiger partial charge in [0, 0.05) is 12.5 Å². The van der Waals surface area contributed by atoms with Gasteiger partial charge in [0.15, 0.2) is 0 Å². The van der Waals surface area contributed by atoms with Gasteiger partial charge in [-0.15, -0.1) is 0 Å². The van der Waals surface area contributed by atoms with Gasteiger partial charge in [-0.1, -0.05) is 36.4 Å². The number of hydrogen-bond acceptors (Lipinski definition) is 3. The maximum absolute atomic E-state index is 11.2. The van der Waals surface area contributed by atoms with Crippen molar-refractivity contribution in [2.24, 2.45) is 0 Å². The van der Waals surface area contributed by atoms with Crippen molar-refractivity contribution >= 4 is 5.97 Å². The van der Waals surface area contributed by atoms with Gasteiger partial charge in [0.25, 0.3) is 0 Å². The summed E-state index contributed by atoms with van der Waals surface area (Å²) >= 11 is 0. The zero-order chi connectivity index (χ0) is 11.6. The molecule has 0 fully saturated rings. The summed E-state index contributed by atoms with van der Waals surface area (Å²) < 4.78 is 5.05. The van der Waals surface area contributed by atoms with E-state index in [2.05, 4.69) is 0 Å². The molecule has 0 aliphatic heterocycles. The van der Waals surface area contributed by atoms with Gasteiger partial charge in [0.2, 0.25) is 0 Å². The number of ether oxygens (including phenoxy) is 1. The standard InChI is InChI=1S/C13H13NO2/c14-10-6-2-5-9-13(15)16-11-12-7-3-1-4-8-12/h1-4,6-8H,5,9,11H2/b6-2-. The average Bonchev–Trinajstić information content (AvgIpc) is 2.33. The number of esters is 1. The number of carbonyl (C=O) groups excluding carboxylic acids is 1. The van der Waals surface area contributed by atoms with Crippen molar-refractivity contribution in [3.63, 3.8) is 0 Å². The van der Waals surface area contributed by atoms with Crippen molar-refractivity contribution < 1.29 is 9.53 Å². The molecule has 0 saturated carbocycles. The molecule has 0 heterocycles. The van der Waals surface area contributed by atoms with Gasteiger partial charge >= 0.3 is 5.97 Å². The molecular formula is C13H13NO2. The largest absolute Gasteiger partial charge is 0.461 e. The fourth-order valence-electron chi connectivity index (χ4n) is 1.15. The van der Waals surface area contributed by atoms with Crippen LogP contribution in [0, 0.1) is 11.3 Å². The minimum Gasteiger partial charge on any atom is -0.461 e. The van der Waals surface area contributed by atoms with Crippen molar-refractivity contribution in [2.75, 3.05) is 0 Å². The molecule has 1 aromatic rings. The van der Waals surface area contributed by atoms with Crippen LogP contribution < -0.4 is 0 Å². The van der Waals surface area contributed by atoms with E-state index in [4.69, 9.17) is 10.00 Å². The molecule has 0 aliphatic rings. The van der Waals surface area contributed by atoms with Crippen molar-refractivity contribution in [1.29, 1.82) is 5.26 Å². The van der Waals surface area contributed by atoms with Crippen LogP contribution in [0.5, 0.6) is 0 Å². The van der Waals surface area contributed by atoms with E-state index >= 15 is 0 Å². The van der Waals surface area contributed by atoms with Gasteiger partial charge in [0.05, 0.1) is 6.07 Å². The summed E-state index contributed by atoms with van der Waals surface area (Å²) in [5.41, 5.74) is 0.975. The Balaban J connectivity index is 2.21. The molecule has 0 spiro atoms. The Labute approximate surface area is 95.0 Å². The second kappa shape index (κ2) is 7.24. The Morgan fingerprint density at radius 2 is 2.12 bits per heavy atom. The number of nitriles is 1. The van der Waals surface area contributed by atoms with Crippen LogP contribution in [0.15, 0.2) is 42.5 Å². The Hall–Kier alpha value is -2.08. The van der Waals surface area contributed by atoms with Crippen LogP contribution >= 0.6 is 0 Å². The highest BCUT2D eigenvalue weighted by molar-refractivity contribution is 5.69. The van der Waals surface area contributed by atoms with Gasteiger partial charge in [-0.05, 0) is 12.0 Å². The maximum atomic E-state index is 11.2. The van der Waals surface area contributed by atoms with Gasteiger partial charge in [-0.25, -0.2) is 0 Å². The Bertz CT molecular complexity index is 390. The normalized spacial score (nSPS) is 9.94. The molecule has 1 aromatic carbocycles. The lowest BCUT2D eigenvalue weighted by Crippen LogP contribution is -2.03.